The third kappa shape index (κ3) is 7.00. The van der Waals surface area contributed by atoms with Gasteiger partial charge in [0.15, 0.2) is 0 Å². The number of carbonyl (C=O) groups excluding carboxylic acids is 2. The maximum absolute atomic E-state index is 11.4. The number of hydrogen-bond acceptors (Lipinski definition) is 3. The lowest BCUT2D eigenvalue weighted by atomic mass is 10.1. The van der Waals surface area contributed by atoms with Crippen molar-refractivity contribution in [3.05, 3.63) is 0 Å². The monoisotopic (exact) mass is 271 g/mol. The molecule has 6 heteroatoms. The van der Waals surface area contributed by atoms with Gasteiger partial charge in [0.05, 0.1) is 12.6 Å². The normalized spacial score (nSPS) is 18.1. The maximum Gasteiger partial charge on any atom is 0.317 e. The Morgan fingerprint density at radius 2 is 2.05 bits per heavy atom. The second-order valence-electron chi connectivity index (χ2n) is 5.03. The molecule has 2 N–H and O–H groups in total. The van der Waals surface area contributed by atoms with Gasteiger partial charge in [-0.1, -0.05) is 0 Å². The standard InChI is InChI=1S/C13H25N3O3/c1-16(2)13(18)15-10-12(17)14-8-4-3-6-11-7-5-9-19-11/h11H,3-10H2,1-2H3,(H,14,17)(H,15,18)/t11-/m1/s1. The fraction of sp³-hybridized carbons (Fsp3) is 0.846. The zero-order valence-electron chi connectivity index (χ0n) is 11.9. The van der Waals surface area contributed by atoms with Gasteiger partial charge in [0.25, 0.3) is 0 Å². The number of carbonyl (C=O) groups is 2. The molecule has 0 radical (unpaired) electrons. The van der Waals surface area contributed by atoms with Crippen LogP contribution in [0.25, 0.3) is 0 Å². The summed E-state index contributed by atoms with van der Waals surface area (Å²) in [4.78, 5) is 24.0. The van der Waals surface area contributed by atoms with E-state index in [2.05, 4.69) is 10.6 Å². The minimum Gasteiger partial charge on any atom is -0.378 e. The average molecular weight is 271 g/mol. The molecule has 0 saturated carbocycles. The highest BCUT2D eigenvalue weighted by Gasteiger charge is 2.14. The zero-order valence-corrected chi connectivity index (χ0v) is 11.9. The molecule has 1 aliphatic heterocycles. The molecule has 1 heterocycles. The van der Waals surface area contributed by atoms with Crippen molar-refractivity contribution in [2.45, 2.75) is 38.2 Å². The summed E-state index contributed by atoms with van der Waals surface area (Å²) in [5, 5.41) is 5.31. The summed E-state index contributed by atoms with van der Waals surface area (Å²) in [7, 11) is 3.27. The molecule has 6 nitrogen and oxygen atoms in total. The van der Waals surface area contributed by atoms with Crippen LogP contribution in [-0.2, 0) is 9.53 Å². The number of unbranched alkanes of at least 4 members (excludes halogenated alkanes) is 1. The van der Waals surface area contributed by atoms with Crippen molar-refractivity contribution in [2.75, 3.05) is 33.8 Å². The van der Waals surface area contributed by atoms with Crippen molar-refractivity contribution in [3.63, 3.8) is 0 Å². The second kappa shape index (κ2) is 8.74. The molecule has 0 aromatic heterocycles. The number of urea groups is 1. The van der Waals surface area contributed by atoms with Crippen LogP contribution in [0.5, 0.6) is 0 Å². The Kier molecular flexibility index (Phi) is 7.25. The van der Waals surface area contributed by atoms with Crippen molar-refractivity contribution >= 4 is 11.9 Å². The molecule has 1 saturated heterocycles. The minimum absolute atomic E-state index is 0.0305. The van der Waals surface area contributed by atoms with Crippen LogP contribution in [0.2, 0.25) is 0 Å². The summed E-state index contributed by atoms with van der Waals surface area (Å²) in [6.07, 6.45) is 5.86. The average Bonchev–Trinajstić information content (AvgIpc) is 2.88. The first-order valence-corrected chi connectivity index (χ1v) is 6.93. The van der Waals surface area contributed by atoms with Crippen molar-refractivity contribution in [2.24, 2.45) is 0 Å². The zero-order chi connectivity index (χ0) is 14.1. The van der Waals surface area contributed by atoms with Crippen LogP contribution in [-0.4, -0.2) is 56.7 Å². The van der Waals surface area contributed by atoms with E-state index in [-0.39, 0.29) is 18.5 Å². The van der Waals surface area contributed by atoms with Gasteiger partial charge in [-0.15, -0.1) is 0 Å². The summed E-state index contributed by atoms with van der Waals surface area (Å²) in [6, 6.07) is -0.256. The number of hydrogen-bond donors (Lipinski definition) is 2. The molecule has 0 spiro atoms. The van der Waals surface area contributed by atoms with Crippen LogP contribution >= 0.6 is 0 Å². The maximum atomic E-state index is 11.4. The molecule has 0 bridgehead atoms. The highest BCUT2D eigenvalue weighted by atomic mass is 16.5. The molecule has 0 aromatic rings. The predicted molar refractivity (Wildman–Crippen MR) is 72.9 cm³/mol. The van der Waals surface area contributed by atoms with E-state index >= 15 is 0 Å². The number of nitrogens with zero attached hydrogens (tertiary/aromatic N) is 1. The Labute approximate surface area is 114 Å². The van der Waals surface area contributed by atoms with Crippen molar-refractivity contribution in [3.8, 4) is 0 Å². The number of nitrogens with one attached hydrogen (secondary N) is 2. The van der Waals surface area contributed by atoms with Crippen LogP contribution in [0.3, 0.4) is 0 Å². The lowest BCUT2D eigenvalue weighted by molar-refractivity contribution is -0.120. The smallest absolute Gasteiger partial charge is 0.317 e. The van der Waals surface area contributed by atoms with Crippen LogP contribution in [0.15, 0.2) is 0 Å². The van der Waals surface area contributed by atoms with Gasteiger partial charge in [-0.25, -0.2) is 4.79 Å². The highest BCUT2D eigenvalue weighted by Crippen LogP contribution is 2.17. The van der Waals surface area contributed by atoms with E-state index in [1.54, 1.807) is 14.1 Å². The number of amides is 3. The molecule has 1 atom stereocenters. The van der Waals surface area contributed by atoms with Gasteiger partial charge in [0.2, 0.25) is 5.91 Å². The predicted octanol–water partition coefficient (Wildman–Crippen LogP) is 0.723. The van der Waals surface area contributed by atoms with E-state index in [0.29, 0.717) is 12.6 Å². The van der Waals surface area contributed by atoms with Crippen molar-refractivity contribution < 1.29 is 14.3 Å². The lowest BCUT2D eigenvalue weighted by Gasteiger charge is -2.12. The largest absolute Gasteiger partial charge is 0.378 e. The minimum atomic E-state index is -0.256. The molecule has 0 aromatic carbocycles. The molecule has 1 fully saturated rings. The van der Waals surface area contributed by atoms with Crippen molar-refractivity contribution in [1.82, 2.24) is 15.5 Å². The van der Waals surface area contributed by atoms with E-state index in [0.717, 1.165) is 25.9 Å². The molecule has 0 aliphatic carbocycles. The first-order chi connectivity index (χ1) is 9.09. The topological polar surface area (TPSA) is 70.7 Å². The first kappa shape index (κ1) is 15.8. The van der Waals surface area contributed by atoms with Crippen LogP contribution < -0.4 is 10.6 Å². The Bertz CT molecular complexity index is 289. The molecule has 19 heavy (non-hydrogen) atoms. The molecular formula is C13H25N3O3. The van der Waals surface area contributed by atoms with Gasteiger partial charge in [-0.05, 0) is 32.1 Å². The number of ether oxygens (including phenoxy) is 1. The quantitative estimate of drug-likeness (QED) is 0.670. The Morgan fingerprint density at radius 1 is 1.26 bits per heavy atom. The van der Waals surface area contributed by atoms with E-state index in [4.69, 9.17) is 4.74 Å². The third-order valence-electron chi connectivity index (χ3n) is 3.11. The van der Waals surface area contributed by atoms with Gasteiger partial charge < -0.3 is 20.3 Å². The summed E-state index contributed by atoms with van der Waals surface area (Å²) in [5.74, 6) is -0.146. The van der Waals surface area contributed by atoms with Gasteiger partial charge >= 0.3 is 6.03 Å². The van der Waals surface area contributed by atoms with Gasteiger partial charge in [0, 0.05) is 27.2 Å². The lowest BCUT2D eigenvalue weighted by Crippen LogP contribution is -2.41. The summed E-state index contributed by atoms with van der Waals surface area (Å²) in [6.45, 7) is 1.58. The SMILES string of the molecule is CN(C)C(=O)NCC(=O)NCCCC[C@@H]1CCCO1. The van der Waals surface area contributed by atoms with Crippen LogP contribution in [0, 0.1) is 0 Å². The third-order valence-corrected chi connectivity index (χ3v) is 3.11. The summed E-state index contributed by atoms with van der Waals surface area (Å²) in [5.41, 5.74) is 0. The van der Waals surface area contributed by atoms with Gasteiger partial charge in [0.1, 0.15) is 0 Å². The fourth-order valence-electron chi connectivity index (χ4n) is 1.97. The first-order valence-electron chi connectivity index (χ1n) is 6.93. The second-order valence-corrected chi connectivity index (χ2v) is 5.03. The Hall–Kier alpha value is -1.30. The van der Waals surface area contributed by atoms with E-state index in [1.807, 2.05) is 0 Å². The molecule has 110 valence electrons. The molecule has 1 rings (SSSR count). The summed E-state index contributed by atoms with van der Waals surface area (Å²) < 4.78 is 5.53. The Balaban J connectivity index is 1.93. The van der Waals surface area contributed by atoms with Crippen LogP contribution in [0.4, 0.5) is 4.79 Å². The number of rotatable bonds is 7. The molecule has 1 aliphatic rings. The van der Waals surface area contributed by atoms with E-state index in [1.165, 1.54) is 17.7 Å². The molecule has 3 amide bonds. The van der Waals surface area contributed by atoms with Crippen molar-refractivity contribution in [1.29, 1.82) is 0 Å². The van der Waals surface area contributed by atoms with E-state index < -0.39 is 0 Å². The summed E-state index contributed by atoms with van der Waals surface area (Å²) >= 11 is 0. The Morgan fingerprint density at radius 3 is 2.68 bits per heavy atom. The van der Waals surface area contributed by atoms with E-state index in [9.17, 15) is 9.59 Å². The van der Waals surface area contributed by atoms with Gasteiger partial charge in [-0.2, -0.15) is 0 Å². The fourth-order valence-corrected chi connectivity index (χ4v) is 1.97. The molecular weight excluding hydrogens is 246 g/mol. The highest BCUT2D eigenvalue weighted by molar-refractivity contribution is 5.83. The van der Waals surface area contributed by atoms with Crippen LogP contribution in [0.1, 0.15) is 32.1 Å². The molecule has 0 unspecified atom stereocenters. The van der Waals surface area contributed by atoms with Gasteiger partial charge in [-0.3, -0.25) is 4.79 Å².